The Morgan fingerprint density at radius 1 is 1.00 bits per heavy atom. The molecule has 0 N–H and O–H groups in total. The van der Waals surface area contributed by atoms with Crippen LogP contribution in [0.4, 0.5) is 0 Å². The van der Waals surface area contributed by atoms with Crippen molar-refractivity contribution in [2.75, 3.05) is 32.7 Å². The van der Waals surface area contributed by atoms with Gasteiger partial charge in [-0.2, -0.15) is 4.31 Å². The van der Waals surface area contributed by atoms with Gasteiger partial charge in [0.1, 0.15) is 0 Å². The molecule has 1 amide bonds. The lowest BCUT2D eigenvalue weighted by atomic mass is 10.1. The van der Waals surface area contributed by atoms with Crippen molar-refractivity contribution in [3.63, 3.8) is 0 Å². The molecule has 162 valence electrons. The molecule has 0 bridgehead atoms. The summed E-state index contributed by atoms with van der Waals surface area (Å²) in [6, 6.07) is 16.6. The number of hydrogen-bond donors (Lipinski definition) is 0. The van der Waals surface area contributed by atoms with E-state index < -0.39 is 10.0 Å². The molecule has 1 aliphatic rings. The number of rotatable bonds is 7. The molecule has 1 aliphatic heterocycles. The third-order valence-electron chi connectivity index (χ3n) is 5.75. The van der Waals surface area contributed by atoms with Crippen LogP contribution in [0.1, 0.15) is 25.0 Å². The summed E-state index contributed by atoms with van der Waals surface area (Å²) >= 11 is 0. The highest BCUT2D eigenvalue weighted by Crippen LogP contribution is 2.19. The molecule has 6 nitrogen and oxygen atoms in total. The predicted molar refractivity (Wildman–Crippen MR) is 119 cm³/mol. The molecule has 1 atom stereocenters. The van der Waals surface area contributed by atoms with E-state index in [0.29, 0.717) is 44.2 Å². The van der Waals surface area contributed by atoms with Gasteiger partial charge in [0.05, 0.1) is 10.9 Å². The third-order valence-corrected chi connectivity index (χ3v) is 7.66. The summed E-state index contributed by atoms with van der Waals surface area (Å²) in [7, 11) is -3.50. The molecular weight excluding hydrogens is 398 g/mol. The van der Waals surface area contributed by atoms with Crippen LogP contribution in [0, 0.1) is 6.92 Å². The quantitative estimate of drug-likeness (QED) is 0.679. The number of piperazine rings is 1. The monoisotopic (exact) mass is 429 g/mol. The van der Waals surface area contributed by atoms with Crippen LogP contribution in [-0.4, -0.2) is 67.2 Å². The highest BCUT2D eigenvalue weighted by molar-refractivity contribution is 7.89. The molecule has 7 heteroatoms. The number of aryl methyl sites for hydroxylation is 1. The molecule has 0 aliphatic carbocycles. The zero-order valence-electron chi connectivity index (χ0n) is 18.0. The minimum Gasteiger partial charge on any atom is -0.337 e. The average molecular weight is 430 g/mol. The van der Waals surface area contributed by atoms with E-state index in [0.717, 1.165) is 11.1 Å². The third kappa shape index (κ3) is 5.09. The second kappa shape index (κ2) is 9.73. The smallest absolute Gasteiger partial charge is 0.243 e. The number of likely N-dealkylation sites (N-methyl/N-ethyl adjacent to an activating group) is 1. The maximum Gasteiger partial charge on any atom is 0.243 e. The van der Waals surface area contributed by atoms with Gasteiger partial charge in [0.2, 0.25) is 15.9 Å². The Hall–Kier alpha value is -2.22. The van der Waals surface area contributed by atoms with Crippen LogP contribution < -0.4 is 0 Å². The molecule has 2 aromatic carbocycles. The Balaban J connectivity index is 1.60. The number of nitrogens with zero attached hydrogens (tertiary/aromatic N) is 3. The molecule has 3 rings (SSSR count). The van der Waals surface area contributed by atoms with Gasteiger partial charge in [-0.1, -0.05) is 48.0 Å². The number of sulfonamides is 1. The Kier molecular flexibility index (Phi) is 7.28. The molecular formula is C23H31N3O3S. The zero-order chi connectivity index (χ0) is 21.7. The molecule has 1 fully saturated rings. The Morgan fingerprint density at radius 2 is 1.60 bits per heavy atom. The number of carbonyl (C=O) groups is 1. The summed E-state index contributed by atoms with van der Waals surface area (Å²) in [5.41, 5.74) is 2.14. The van der Waals surface area contributed by atoms with Crippen molar-refractivity contribution in [2.24, 2.45) is 0 Å². The molecule has 0 unspecified atom stereocenters. The van der Waals surface area contributed by atoms with Crippen LogP contribution in [0.5, 0.6) is 0 Å². The van der Waals surface area contributed by atoms with Gasteiger partial charge in [0, 0.05) is 39.3 Å². The van der Waals surface area contributed by atoms with Crippen molar-refractivity contribution >= 4 is 15.9 Å². The summed E-state index contributed by atoms with van der Waals surface area (Å²) < 4.78 is 27.3. The topological polar surface area (TPSA) is 60.9 Å². The van der Waals surface area contributed by atoms with E-state index >= 15 is 0 Å². The fourth-order valence-corrected chi connectivity index (χ4v) is 5.18. The molecule has 30 heavy (non-hydrogen) atoms. The summed E-state index contributed by atoms with van der Waals surface area (Å²) in [6.45, 7) is 8.92. The van der Waals surface area contributed by atoms with E-state index in [1.165, 1.54) is 4.31 Å². The SMILES string of the molecule is CCN(Cc1ccccc1)C(=O)[C@@H](C)N1CCN(S(=O)(=O)c2ccc(C)cc2)CC1. The molecule has 1 heterocycles. The largest absolute Gasteiger partial charge is 0.337 e. The molecule has 1 saturated heterocycles. The summed E-state index contributed by atoms with van der Waals surface area (Å²) in [5, 5.41) is 0. The van der Waals surface area contributed by atoms with Crippen LogP contribution in [0.15, 0.2) is 59.5 Å². The number of benzene rings is 2. The van der Waals surface area contributed by atoms with E-state index in [1.54, 1.807) is 12.1 Å². The van der Waals surface area contributed by atoms with Crippen molar-refractivity contribution < 1.29 is 13.2 Å². The molecule has 2 aromatic rings. The summed E-state index contributed by atoms with van der Waals surface area (Å²) in [4.78, 5) is 17.3. The maximum atomic E-state index is 13.1. The second-order valence-corrected chi connectivity index (χ2v) is 9.71. The van der Waals surface area contributed by atoms with Crippen LogP contribution >= 0.6 is 0 Å². The first-order valence-corrected chi connectivity index (χ1v) is 11.9. The van der Waals surface area contributed by atoms with Crippen LogP contribution in [0.25, 0.3) is 0 Å². The fourth-order valence-electron chi connectivity index (χ4n) is 3.76. The predicted octanol–water partition coefficient (Wildman–Crippen LogP) is 2.74. The number of carbonyl (C=O) groups excluding carboxylic acids is 1. The van der Waals surface area contributed by atoms with Gasteiger partial charge in [-0.15, -0.1) is 0 Å². The first-order chi connectivity index (χ1) is 14.3. The highest BCUT2D eigenvalue weighted by Gasteiger charge is 2.32. The minimum atomic E-state index is -3.50. The van der Waals surface area contributed by atoms with Gasteiger partial charge in [0.15, 0.2) is 0 Å². The van der Waals surface area contributed by atoms with Gasteiger partial charge < -0.3 is 4.90 Å². The minimum absolute atomic E-state index is 0.0798. The van der Waals surface area contributed by atoms with Gasteiger partial charge >= 0.3 is 0 Å². The summed E-state index contributed by atoms with van der Waals surface area (Å²) in [5.74, 6) is 0.0798. The second-order valence-electron chi connectivity index (χ2n) is 7.77. The molecule has 0 saturated carbocycles. The van der Waals surface area contributed by atoms with Crippen molar-refractivity contribution in [1.82, 2.24) is 14.1 Å². The summed E-state index contributed by atoms with van der Waals surface area (Å²) in [6.07, 6.45) is 0. The first kappa shape index (κ1) is 22.5. The standard InChI is InChI=1S/C23H31N3O3S/c1-4-24(18-21-8-6-5-7-9-21)23(27)20(3)25-14-16-26(17-15-25)30(28,29)22-12-10-19(2)11-13-22/h5-13,20H,4,14-18H2,1-3H3/t20-/m1/s1. The van der Waals surface area contributed by atoms with Gasteiger partial charge in [-0.3, -0.25) is 9.69 Å². The van der Waals surface area contributed by atoms with E-state index in [1.807, 2.05) is 68.1 Å². The van der Waals surface area contributed by atoms with E-state index in [-0.39, 0.29) is 11.9 Å². The lowest BCUT2D eigenvalue weighted by Gasteiger charge is -2.38. The number of hydrogen-bond acceptors (Lipinski definition) is 4. The fraction of sp³-hybridized carbons (Fsp3) is 0.435. The van der Waals surface area contributed by atoms with Crippen LogP contribution in [0.2, 0.25) is 0 Å². The Labute approximate surface area is 180 Å². The van der Waals surface area contributed by atoms with Crippen molar-refractivity contribution in [1.29, 1.82) is 0 Å². The van der Waals surface area contributed by atoms with E-state index in [2.05, 4.69) is 4.90 Å². The maximum absolute atomic E-state index is 13.1. The van der Waals surface area contributed by atoms with Gasteiger partial charge in [-0.25, -0.2) is 8.42 Å². The molecule has 0 aromatic heterocycles. The van der Waals surface area contributed by atoms with Crippen molar-refractivity contribution in [2.45, 2.75) is 38.3 Å². The Morgan fingerprint density at radius 3 is 2.17 bits per heavy atom. The van der Waals surface area contributed by atoms with E-state index in [4.69, 9.17) is 0 Å². The molecule has 0 radical (unpaired) electrons. The van der Waals surface area contributed by atoms with Crippen LogP contribution in [-0.2, 0) is 21.4 Å². The van der Waals surface area contributed by atoms with Gasteiger partial charge in [-0.05, 0) is 38.5 Å². The highest BCUT2D eigenvalue weighted by atomic mass is 32.2. The Bertz CT molecular complexity index is 937. The molecule has 0 spiro atoms. The van der Waals surface area contributed by atoms with E-state index in [9.17, 15) is 13.2 Å². The van der Waals surface area contributed by atoms with Crippen molar-refractivity contribution in [3.8, 4) is 0 Å². The first-order valence-electron chi connectivity index (χ1n) is 10.5. The lowest BCUT2D eigenvalue weighted by molar-refractivity contribution is -0.137. The lowest BCUT2D eigenvalue weighted by Crippen LogP contribution is -2.55. The normalized spacial score (nSPS) is 16.9. The van der Waals surface area contributed by atoms with Crippen molar-refractivity contribution in [3.05, 3.63) is 65.7 Å². The zero-order valence-corrected chi connectivity index (χ0v) is 18.8. The van der Waals surface area contributed by atoms with Crippen LogP contribution in [0.3, 0.4) is 0 Å². The van der Waals surface area contributed by atoms with Gasteiger partial charge in [0.25, 0.3) is 0 Å². The average Bonchev–Trinajstić information content (AvgIpc) is 2.77. The number of amides is 1.